The number of anilines is 1. The SMILES string of the molecule is CCC[C@H](Nc1nc(-c2c[nH]c3ncc(Cl)cc23)ncc1F)C(=O)NCC(F)(F)F. The number of halogens is 5. The summed E-state index contributed by atoms with van der Waals surface area (Å²) in [4.78, 5) is 27.3. The molecular weight excluding hydrogens is 428 g/mol. The van der Waals surface area contributed by atoms with Crippen LogP contribution in [-0.4, -0.2) is 44.6 Å². The molecule has 0 aliphatic carbocycles. The summed E-state index contributed by atoms with van der Waals surface area (Å²) >= 11 is 5.98. The first-order valence-corrected chi connectivity index (χ1v) is 9.32. The number of carbonyl (C=O) groups is 1. The Morgan fingerprint density at radius 2 is 2.07 bits per heavy atom. The Bertz CT molecular complexity index is 1050. The molecule has 1 atom stereocenters. The number of nitrogens with one attached hydrogen (secondary N) is 3. The van der Waals surface area contributed by atoms with Crippen molar-refractivity contribution in [3.05, 3.63) is 35.5 Å². The minimum absolute atomic E-state index is 0.125. The van der Waals surface area contributed by atoms with E-state index in [1.807, 2.05) is 0 Å². The van der Waals surface area contributed by atoms with E-state index in [2.05, 4.69) is 25.3 Å². The van der Waals surface area contributed by atoms with Crippen LogP contribution in [0.1, 0.15) is 19.8 Å². The molecule has 3 N–H and O–H groups in total. The Morgan fingerprint density at radius 3 is 2.77 bits per heavy atom. The third kappa shape index (κ3) is 5.15. The Morgan fingerprint density at radius 1 is 1.30 bits per heavy atom. The van der Waals surface area contributed by atoms with Gasteiger partial charge in [0.2, 0.25) is 5.91 Å². The topological polar surface area (TPSA) is 95.6 Å². The van der Waals surface area contributed by atoms with Crippen molar-refractivity contribution in [3.63, 3.8) is 0 Å². The van der Waals surface area contributed by atoms with E-state index < -0.39 is 30.5 Å². The highest BCUT2D eigenvalue weighted by Crippen LogP contribution is 2.28. The zero-order valence-electron chi connectivity index (χ0n) is 15.6. The summed E-state index contributed by atoms with van der Waals surface area (Å²) in [7, 11) is 0. The van der Waals surface area contributed by atoms with Crippen LogP contribution in [0.2, 0.25) is 5.02 Å². The van der Waals surface area contributed by atoms with Crippen LogP contribution in [0.15, 0.2) is 24.7 Å². The Kier molecular flexibility index (Phi) is 6.40. The van der Waals surface area contributed by atoms with Crippen molar-refractivity contribution in [3.8, 4) is 11.4 Å². The molecule has 0 aromatic carbocycles. The maximum atomic E-state index is 14.3. The molecule has 0 saturated heterocycles. The molecule has 0 fully saturated rings. The molecule has 12 heteroatoms. The van der Waals surface area contributed by atoms with Crippen LogP contribution in [0.3, 0.4) is 0 Å². The predicted molar refractivity (Wildman–Crippen MR) is 103 cm³/mol. The lowest BCUT2D eigenvalue weighted by Gasteiger charge is -2.19. The van der Waals surface area contributed by atoms with Crippen molar-refractivity contribution in [2.24, 2.45) is 0 Å². The van der Waals surface area contributed by atoms with Crippen molar-refractivity contribution < 1.29 is 22.4 Å². The Labute approximate surface area is 173 Å². The third-order valence-electron chi connectivity index (χ3n) is 4.15. The van der Waals surface area contributed by atoms with Gasteiger partial charge in [0.25, 0.3) is 0 Å². The summed E-state index contributed by atoms with van der Waals surface area (Å²) in [6.45, 7) is 0.268. The summed E-state index contributed by atoms with van der Waals surface area (Å²) in [5.74, 6) is -1.93. The fraction of sp³-hybridized carbons (Fsp3) is 0.333. The van der Waals surface area contributed by atoms with Gasteiger partial charge in [-0.2, -0.15) is 13.2 Å². The van der Waals surface area contributed by atoms with E-state index in [1.54, 1.807) is 24.5 Å². The first kappa shape index (κ1) is 21.8. The van der Waals surface area contributed by atoms with E-state index in [0.717, 1.165) is 6.20 Å². The molecule has 0 aliphatic heterocycles. The Balaban J connectivity index is 1.88. The molecule has 30 heavy (non-hydrogen) atoms. The van der Waals surface area contributed by atoms with Gasteiger partial charge in [-0.3, -0.25) is 4.79 Å². The number of alkyl halides is 3. The number of aromatic amines is 1. The predicted octanol–water partition coefficient (Wildman–Crippen LogP) is 4.07. The van der Waals surface area contributed by atoms with Gasteiger partial charge in [-0.1, -0.05) is 24.9 Å². The van der Waals surface area contributed by atoms with Crippen LogP contribution in [0.4, 0.5) is 23.4 Å². The average molecular weight is 445 g/mol. The minimum Gasteiger partial charge on any atom is -0.356 e. The van der Waals surface area contributed by atoms with Crippen molar-refractivity contribution in [1.29, 1.82) is 0 Å². The lowest BCUT2D eigenvalue weighted by molar-refractivity contribution is -0.138. The molecule has 3 heterocycles. The molecule has 3 aromatic heterocycles. The monoisotopic (exact) mass is 444 g/mol. The highest BCUT2D eigenvalue weighted by atomic mass is 35.5. The summed E-state index contributed by atoms with van der Waals surface area (Å²) < 4.78 is 51.5. The third-order valence-corrected chi connectivity index (χ3v) is 4.36. The Hall–Kier alpha value is -2.95. The molecule has 3 rings (SSSR count). The van der Waals surface area contributed by atoms with Gasteiger partial charge in [0, 0.05) is 23.3 Å². The van der Waals surface area contributed by atoms with Crippen molar-refractivity contribution in [2.45, 2.75) is 32.0 Å². The normalized spacial score (nSPS) is 12.7. The van der Waals surface area contributed by atoms with Crippen LogP contribution in [0.25, 0.3) is 22.4 Å². The van der Waals surface area contributed by atoms with Crippen LogP contribution < -0.4 is 10.6 Å². The largest absolute Gasteiger partial charge is 0.405 e. The summed E-state index contributed by atoms with van der Waals surface area (Å²) in [6.07, 6.45) is 0.0447. The molecule has 160 valence electrons. The molecule has 0 bridgehead atoms. The number of H-pyrrole nitrogens is 1. The van der Waals surface area contributed by atoms with E-state index in [9.17, 15) is 22.4 Å². The maximum absolute atomic E-state index is 14.3. The van der Waals surface area contributed by atoms with E-state index in [4.69, 9.17) is 11.6 Å². The van der Waals surface area contributed by atoms with Gasteiger partial charge in [-0.15, -0.1) is 0 Å². The molecule has 0 radical (unpaired) electrons. The zero-order valence-corrected chi connectivity index (χ0v) is 16.4. The van der Waals surface area contributed by atoms with E-state index in [1.165, 1.54) is 6.20 Å². The highest BCUT2D eigenvalue weighted by Gasteiger charge is 2.30. The van der Waals surface area contributed by atoms with Gasteiger partial charge in [0.15, 0.2) is 17.5 Å². The van der Waals surface area contributed by atoms with E-state index in [-0.39, 0.29) is 18.1 Å². The van der Waals surface area contributed by atoms with Crippen LogP contribution in [-0.2, 0) is 4.79 Å². The van der Waals surface area contributed by atoms with Gasteiger partial charge in [-0.05, 0) is 12.5 Å². The van der Waals surface area contributed by atoms with Crippen molar-refractivity contribution in [1.82, 2.24) is 25.3 Å². The van der Waals surface area contributed by atoms with Gasteiger partial charge in [0.1, 0.15) is 18.2 Å². The first-order valence-electron chi connectivity index (χ1n) is 8.94. The van der Waals surface area contributed by atoms with E-state index in [0.29, 0.717) is 28.0 Å². The van der Waals surface area contributed by atoms with Gasteiger partial charge in [-0.25, -0.2) is 19.3 Å². The molecule has 0 saturated carbocycles. The van der Waals surface area contributed by atoms with Crippen LogP contribution >= 0.6 is 11.6 Å². The molecule has 0 unspecified atom stereocenters. The molecule has 3 aromatic rings. The maximum Gasteiger partial charge on any atom is 0.405 e. The lowest BCUT2D eigenvalue weighted by atomic mass is 10.1. The van der Waals surface area contributed by atoms with E-state index >= 15 is 0 Å². The number of nitrogens with zero attached hydrogens (tertiary/aromatic N) is 3. The van der Waals surface area contributed by atoms with Crippen molar-refractivity contribution in [2.75, 3.05) is 11.9 Å². The second-order valence-electron chi connectivity index (χ2n) is 6.46. The van der Waals surface area contributed by atoms with Gasteiger partial charge < -0.3 is 15.6 Å². The first-order chi connectivity index (χ1) is 14.2. The number of rotatable bonds is 7. The number of carbonyl (C=O) groups excluding carboxylic acids is 1. The number of hydrogen-bond donors (Lipinski definition) is 3. The number of fused-ring (bicyclic) bond motifs is 1. The summed E-state index contributed by atoms with van der Waals surface area (Å²) in [5.41, 5.74) is 1.02. The number of pyridine rings is 1. The summed E-state index contributed by atoms with van der Waals surface area (Å²) in [5, 5.41) is 5.38. The average Bonchev–Trinajstić information content (AvgIpc) is 3.09. The second kappa shape index (κ2) is 8.82. The fourth-order valence-electron chi connectivity index (χ4n) is 2.79. The number of aromatic nitrogens is 4. The lowest BCUT2D eigenvalue weighted by Crippen LogP contribution is -2.43. The molecule has 0 aliphatic rings. The van der Waals surface area contributed by atoms with Crippen LogP contribution in [0.5, 0.6) is 0 Å². The number of hydrogen-bond acceptors (Lipinski definition) is 5. The second-order valence-corrected chi connectivity index (χ2v) is 6.90. The smallest absolute Gasteiger partial charge is 0.356 e. The van der Waals surface area contributed by atoms with Crippen LogP contribution in [0, 0.1) is 5.82 Å². The molecule has 7 nitrogen and oxygen atoms in total. The standard InChI is InChI=1S/C18H17ClF4N6O/c1-2-3-13(17(30)27-8-18(21,22)23)28-16-12(20)7-26-15(29-16)11-6-25-14-10(11)4-9(19)5-24-14/h4-7,13H,2-3,8H2,1H3,(H,24,25)(H,27,30)(H,26,28,29)/t13-/m0/s1. The molecule has 1 amide bonds. The quantitative estimate of drug-likeness (QED) is 0.477. The molecular formula is C18H17ClF4N6O. The minimum atomic E-state index is -4.55. The molecule has 0 spiro atoms. The van der Waals surface area contributed by atoms with Crippen molar-refractivity contribution >= 4 is 34.4 Å². The fourth-order valence-corrected chi connectivity index (χ4v) is 2.95. The summed E-state index contributed by atoms with van der Waals surface area (Å²) in [6, 6.07) is 0.536. The number of amides is 1. The highest BCUT2D eigenvalue weighted by molar-refractivity contribution is 6.31. The zero-order chi connectivity index (χ0) is 21.9. The van der Waals surface area contributed by atoms with Gasteiger partial charge in [0.05, 0.1) is 11.2 Å². The van der Waals surface area contributed by atoms with Gasteiger partial charge >= 0.3 is 6.18 Å².